The van der Waals surface area contributed by atoms with Crippen LogP contribution in [0.25, 0.3) is 0 Å². The monoisotopic (exact) mass is 371 g/mol. The van der Waals surface area contributed by atoms with Crippen LogP contribution in [0.2, 0.25) is 10.0 Å². The van der Waals surface area contributed by atoms with Gasteiger partial charge in [0.2, 0.25) is 5.91 Å². The first-order chi connectivity index (χ1) is 11.5. The third-order valence-electron chi connectivity index (χ3n) is 4.70. The van der Waals surface area contributed by atoms with Crippen molar-refractivity contribution in [3.05, 3.63) is 22.3 Å². The van der Waals surface area contributed by atoms with Gasteiger partial charge in [-0.05, 0) is 13.0 Å². The highest BCUT2D eigenvalue weighted by atomic mass is 35.5. The summed E-state index contributed by atoms with van der Waals surface area (Å²) in [6, 6.07) is 2.11. The molecule has 0 unspecified atom stereocenters. The maximum atomic E-state index is 12.6. The number of anilines is 1. The zero-order valence-electron chi connectivity index (χ0n) is 13.8. The Morgan fingerprint density at radius 2 is 2.04 bits per heavy atom. The van der Waals surface area contributed by atoms with Crippen LogP contribution in [0.3, 0.4) is 0 Å². The molecule has 0 bridgehead atoms. The van der Waals surface area contributed by atoms with Crippen LogP contribution >= 0.6 is 23.2 Å². The molecule has 132 valence electrons. The largest absolute Gasteiger partial charge is 0.352 e. The van der Waals surface area contributed by atoms with Crippen molar-refractivity contribution >= 4 is 34.9 Å². The first-order valence-electron chi connectivity index (χ1n) is 8.33. The van der Waals surface area contributed by atoms with E-state index < -0.39 is 0 Å². The Hall–Kier alpha value is -1.08. The number of rotatable bonds is 3. The van der Waals surface area contributed by atoms with Crippen molar-refractivity contribution in [2.24, 2.45) is 0 Å². The van der Waals surface area contributed by atoms with Crippen LogP contribution in [0.5, 0.6) is 0 Å². The standard InChI is InChI=1S/C16H23Cl2N5O/c1-12-9-19-2-3-23(12)11-15(24)21-4-6-22(7-5-21)16-14(18)8-13(17)10-20-16/h8,10,12,19H,2-7,9,11H2,1H3/t12-/m1/s1. The van der Waals surface area contributed by atoms with Crippen LogP contribution < -0.4 is 10.2 Å². The molecule has 1 N–H and O–H groups in total. The van der Waals surface area contributed by atoms with Crippen LogP contribution in [-0.2, 0) is 4.79 Å². The summed E-state index contributed by atoms with van der Waals surface area (Å²) in [7, 11) is 0. The quantitative estimate of drug-likeness (QED) is 0.868. The van der Waals surface area contributed by atoms with E-state index in [1.807, 2.05) is 4.90 Å². The molecule has 24 heavy (non-hydrogen) atoms. The zero-order chi connectivity index (χ0) is 17.1. The van der Waals surface area contributed by atoms with Crippen LogP contribution in [0.4, 0.5) is 5.82 Å². The molecule has 0 saturated carbocycles. The minimum Gasteiger partial charge on any atom is -0.352 e. The highest BCUT2D eigenvalue weighted by Crippen LogP contribution is 2.26. The van der Waals surface area contributed by atoms with E-state index in [1.54, 1.807) is 12.3 Å². The molecule has 1 aromatic rings. The number of pyridine rings is 1. The molecule has 2 saturated heterocycles. The van der Waals surface area contributed by atoms with Gasteiger partial charge in [-0.1, -0.05) is 23.2 Å². The average Bonchev–Trinajstić information content (AvgIpc) is 2.57. The predicted octanol–water partition coefficient (Wildman–Crippen LogP) is 1.33. The Balaban J connectivity index is 1.53. The number of hydrogen-bond acceptors (Lipinski definition) is 5. The Morgan fingerprint density at radius 1 is 1.29 bits per heavy atom. The van der Waals surface area contributed by atoms with E-state index in [9.17, 15) is 4.79 Å². The second kappa shape index (κ2) is 7.87. The van der Waals surface area contributed by atoms with Gasteiger partial charge in [-0.25, -0.2) is 4.98 Å². The highest BCUT2D eigenvalue weighted by molar-refractivity contribution is 6.36. The summed E-state index contributed by atoms with van der Waals surface area (Å²) in [6.45, 7) is 8.34. The topological polar surface area (TPSA) is 51.7 Å². The number of halogens is 2. The van der Waals surface area contributed by atoms with Gasteiger partial charge in [-0.3, -0.25) is 9.69 Å². The molecule has 2 aliphatic rings. The van der Waals surface area contributed by atoms with Crippen LogP contribution in [0.15, 0.2) is 12.3 Å². The molecule has 2 fully saturated rings. The summed E-state index contributed by atoms with van der Waals surface area (Å²) >= 11 is 12.1. The van der Waals surface area contributed by atoms with Gasteiger partial charge in [-0.15, -0.1) is 0 Å². The van der Waals surface area contributed by atoms with Gasteiger partial charge >= 0.3 is 0 Å². The normalized spacial score (nSPS) is 22.7. The zero-order valence-corrected chi connectivity index (χ0v) is 15.4. The molecule has 3 heterocycles. The average molecular weight is 372 g/mol. The number of nitrogens with zero attached hydrogens (tertiary/aromatic N) is 4. The van der Waals surface area contributed by atoms with Crippen molar-refractivity contribution in [1.29, 1.82) is 0 Å². The molecule has 2 aliphatic heterocycles. The molecule has 1 aromatic heterocycles. The lowest BCUT2D eigenvalue weighted by Crippen LogP contribution is -2.55. The van der Waals surface area contributed by atoms with E-state index in [0.717, 1.165) is 38.5 Å². The molecule has 0 radical (unpaired) electrons. The lowest BCUT2D eigenvalue weighted by atomic mass is 10.2. The van der Waals surface area contributed by atoms with E-state index in [0.29, 0.717) is 35.7 Å². The van der Waals surface area contributed by atoms with Crippen molar-refractivity contribution in [3.8, 4) is 0 Å². The molecule has 3 rings (SSSR count). The van der Waals surface area contributed by atoms with Crippen LogP contribution in [-0.4, -0.2) is 79.1 Å². The van der Waals surface area contributed by atoms with Crippen molar-refractivity contribution in [3.63, 3.8) is 0 Å². The summed E-state index contributed by atoms with van der Waals surface area (Å²) in [5.41, 5.74) is 0. The first kappa shape index (κ1) is 17.7. The maximum Gasteiger partial charge on any atom is 0.236 e. The molecular formula is C16H23Cl2N5O. The summed E-state index contributed by atoms with van der Waals surface area (Å²) < 4.78 is 0. The number of carbonyl (C=O) groups excluding carboxylic acids is 1. The van der Waals surface area contributed by atoms with Crippen molar-refractivity contribution in [2.45, 2.75) is 13.0 Å². The Labute approximate surface area is 152 Å². The Morgan fingerprint density at radius 3 is 2.71 bits per heavy atom. The van der Waals surface area contributed by atoms with E-state index >= 15 is 0 Å². The van der Waals surface area contributed by atoms with E-state index in [1.165, 1.54) is 0 Å². The summed E-state index contributed by atoms with van der Waals surface area (Å²) in [5.74, 6) is 0.947. The van der Waals surface area contributed by atoms with Gasteiger partial charge in [0.25, 0.3) is 0 Å². The van der Waals surface area contributed by atoms with Gasteiger partial charge in [-0.2, -0.15) is 0 Å². The number of amides is 1. The van der Waals surface area contributed by atoms with Gasteiger partial charge in [0, 0.05) is 58.1 Å². The second-order valence-electron chi connectivity index (χ2n) is 6.35. The van der Waals surface area contributed by atoms with Gasteiger partial charge < -0.3 is 15.1 Å². The predicted molar refractivity (Wildman–Crippen MR) is 97.0 cm³/mol. The minimum absolute atomic E-state index is 0.207. The Kier molecular flexibility index (Phi) is 5.81. The van der Waals surface area contributed by atoms with E-state index in [2.05, 4.69) is 27.0 Å². The minimum atomic E-state index is 0.207. The SMILES string of the molecule is C[C@@H]1CNCCN1CC(=O)N1CCN(c2ncc(Cl)cc2Cl)CC1. The fourth-order valence-corrected chi connectivity index (χ4v) is 3.70. The van der Waals surface area contributed by atoms with Crippen molar-refractivity contribution < 1.29 is 4.79 Å². The lowest BCUT2D eigenvalue weighted by molar-refractivity contribution is -0.133. The molecule has 1 atom stereocenters. The summed E-state index contributed by atoms with van der Waals surface area (Å²) in [5, 5.41) is 4.43. The van der Waals surface area contributed by atoms with E-state index in [4.69, 9.17) is 23.2 Å². The number of piperazine rings is 2. The molecule has 0 aliphatic carbocycles. The highest BCUT2D eigenvalue weighted by Gasteiger charge is 2.26. The third kappa shape index (κ3) is 4.11. The number of aromatic nitrogens is 1. The molecule has 1 amide bonds. The van der Waals surface area contributed by atoms with Crippen LogP contribution in [0.1, 0.15) is 6.92 Å². The second-order valence-corrected chi connectivity index (χ2v) is 7.19. The molecule has 0 spiro atoms. The first-order valence-corrected chi connectivity index (χ1v) is 9.08. The number of carbonyl (C=O) groups is 1. The number of nitrogens with one attached hydrogen (secondary N) is 1. The number of hydrogen-bond donors (Lipinski definition) is 1. The van der Waals surface area contributed by atoms with Crippen molar-refractivity contribution in [1.82, 2.24) is 20.1 Å². The van der Waals surface area contributed by atoms with E-state index in [-0.39, 0.29) is 5.91 Å². The molecule has 8 heteroatoms. The van der Waals surface area contributed by atoms with Gasteiger partial charge in [0.05, 0.1) is 16.6 Å². The van der Waals surface area contributed by atoms with Gasteiger partial charge in [0.1, 0.15) is 5.82 Å². The maximum absolute atomic E-state index is 12.6. The molecule has 6 nitrogen and oxygen atoms in total. The Bertz CT molecular complexity index is 592. The third-order valence-corrected chi connectivity index (χ3v) is 5.18. The fourth-order valence-electron chi connectivity index (χ4n) is 3.20. The van der Waals surface area contributed by atoms with Crippen molar-refractivity contribution in [2.75, 3.05) is 57.3 Å². The smallest absolute Gasteiger partial charge is 0.236 e. The molecule has 0 aromatic carbocycles. The van der Waals surface area contributed by atoms with Crippen LogP contribution in [0, 0.1) is 0 Å². The summed E-state index contributed by atoms with van der Waals surface area (Å²) in [4.78, 5) is 23.2. The molecular weight excluding hydrogens is 349 g/mol. The lowest BCUT2D eigenvalue weighted by Gasteiger charge is -2.38. The van der Waals surface area contributed by atoms with Gasteiger partial charge in [0.15, 0.2) is 0 Å². The fraction of sp³-hybridized carbons (Fsp3) is 0.625. The summed E-state index contributed by atoms with van der Waals surface area (Å²) in [6.07, 6.45) is 1.60.